The summed E-state index contributed by atoms with van der Waals surface area (Å²) in [5, 5.41) is 0. The lowest BCUT2D eigenvalue weighted by molar-refractivity contribution is 0.183. The highest BCUT2D eigenvalue weighted by molar-refractivity contribution is 6.17. The second kappa shape index (κ2) is 6.10. The summed E-state index contributed by atoms with van der Waals surface area (Å²) in [4.78, 5) is 9.32. The molecule has 108 valence electrons. The molecule has 1 fully saturated rings. The number of hydrogen-bond donors (Lipinski definition) is 0. The highest BCUT2D eigenvalue weighted by Gasteiger charge is 2.18. The third kappa shape index (κ3) is 2.81. The molecule has 1 atom stereocenters. The first-order valence-corrected chi connectivity index (χ1v) is 7.78. The summed E-state index contributed by atoms with van der Waals surface area (Å²) in [5.41, 5.74) is 2.99. The van der Waals surface area contributed by atoms with E-state index in [0.29, 0.717) is 11.8 Å². The lowest BCUT2D eigenvalue weighted by atomic mass is 10.1. The fraction of sp³-hybridized carbons (Fsp3) is 0.600. The van der Waals surface area contributed by atoms with Crippen molar-refractivity contribution < 1.29 is 4.74 Å². The summed E-state index contributed by atoms with van der Waals surface area (Å²) in [7, 11) is 0. The van der Waals surface area contributed by atoms with E-state index in [1.807, 2.05) is 19.1 Å². The molecule has 0 aliphatic carbocycles. The van der Waals surface area contributed by atoms with E-state index in [1.165, 1.54) is 6.42 Å². The van der Waals surface area contributed by atoms with Crippen LogP contribution in [0.25, 0.3) is 11.2 Å². The molecule has 2 aromatic rings. The molecule has 0 N–H and O–H groups in total. The van der Waals surface area contributed by atoms with E-state index >= 15 is 0 Å². The minimum absolute atomic E-state index is 0.592. The van der Waals surface area contributed by atoms with Gasteiger partial charge in [0, 0.05) is 37.8 Å². The van der Waals surface area contributed by atoms with Crippen LogP contribution in [0.4, 0.5) is 0 Å². The monoisotopic (exact) mass is 293 g/mol. The summed E-state index contributed by atoms with van der Waals surface area (Å²) in [6, 6.07) is 4.06. The summed E-state index contributed by atoms with van der Waals surface area (Å²) >= 11 is 5.90. The molecule has 1 unspecified atom stereocenters. The van der Waals surface area contributed by atoms with Gasteiger partial charge in [0.05, 0.1) is 0 Å². The van der Waals surface area contributed by atoms with Crippen LogP contribution < -0.4 is 0 Å². The molecule has 0 aromatic carbocycles. The molecule has 0 radical (unpaired) electrons. The summed E-state index contributed by atoms with van der Waals surface area (Å²) in [5.74, 6) is 2.31. The smallest absolute Gasteiger partial charge is 0.160 e. The molecule has 2 aromatic heterocycles. The number of aromatic nitrogens is 3. The molecule has 0 spiro atoms. The Morgan fingerprint density at radius 3 is 3.05 bits per heavy atom. The van der Waals surface area contributed by atoms with Crippen LogP contribution in [0.2, 0.25) is 0 Å². The van der Waals surface area contributed by atoms with Gasteiger partial charge in [0.25, 0.3) is 0 Å². The van der Waals surface area contributed by atoms with Crippen LogP contribution in [0.3, 0.4) is 0 Å². The van der Waals surface area contributed by atoms with Crippen LogP contribution in [0.5, 0.6) is 0 Å². The number of alkyl halides is 1. The van der Waals surface area contributed by atoms with Gasteiger partial charge in [-0.3, -0.25) is 0 Å². The maximum Gasteiger partial charge on any atom is 0.160 e. The molecule has 3 heterocycles. The van der Waals surface area contributed by atoms with Gasteiger partial charge in [0.2, 0.25) is 0 Å². The molecule has 5 heteroatoms. The van der Waals surface area contributed by atoms with Crippen LogP contribution in [-0.4, -0.2) is 33.6 Å². The standard InChI is InChI=1S/C15H20ClN3O/c1-11-2-3-13-15(17-11)19(14(18-13)4-7-16)8-5-12-6-9-20-10-12/h2-3,12H,4-10H2,1H3. The maximum atomic E-state index is 5.90. The number of hydrogen-bond acceptors (Lipinski definition) is 3. The van der Waals surface area contributed by atoms with Crippen molar-refractivity contribution in [2.45, 2.75) is 32.7 Å². The highest BCUT2D eigenvalue weighted by Crippen LogP contribution is 2.21. The first-order chi connectivity index (χ1) is 9.78. The minimum Gasteiger partial charge on any atom is -0.381 e. The molecule has 0 amide bonds. The molecular weight excluding hydrogens is 274 g/mol. The Labute approximate surface area is 124 Å². The van der Waals surface area contributed by atoms with Crippen molar-refractivity contribution in [3.8, 4) is 0 Å². The van der Waals surface area contributed by atoms with Crippen LogP contribution in [0.15, 0.2) is 12.1 Å². The zero-order valence-electron chi connectivity index (χ0n) is 11.8. The Kier molecular flexibility index (Phi) is 4.22. The molecule has 1 aliphatic heterocycles. The van der Waals surface area contributed by atoms with E-state index in [4.69, 9.17) is 16.3 Å². The van der Waals surface area contributed by atoms with Gasteiger partial charge in [-0.25, -0.2) is 9.97 Å². The van der Waals surface area contributed by atoms with Crippen LogP contribution in [0, 0.1) is 12.8 Å². The van der Waals surface area contributed by atoms with E-state index in [2.05, 4.69) is 14.5 Å². The average molecular weight is 294 g/mol. The number of fused-ring (bicyclic) bond motifs is 1. The van der Waals surface area contributed by atoms with Gasteiger partial charge in [-0.2, -0.15) is 0 Å². The third-order valence-electron chi connectivity index (χ3n) is 3.91. The molecule has 0 bridgehead atoms. The quantitative estimate of drug-likeness (QED) is 0.796. The van der Waals surface area contributed by atoms with Crippen LogP contribution in [-0.2, 0) is 17.7 Å². The number of nitrogens with zero attached hydrogens (tertiary/aromatic N) is 3. The fourth-order valence-electron chi connectivity index (χ4n) is 2.78. The number of imidazole rings is 1. The number of pyridine rings is 1. The van der Waals surface area contributed by atoms with Crippen LogP contribution in [0.1, 0.15) is 24.4 Å². The lowest BCUT2D eigenvalue weighted by Gasteiger charge is -2.11. The predicted molar refractivity (Wildman–Crippen MR) is 80.2 cm³/mol. The topological polar surface area (TPSA) is 39.9 Å². The molecule has 20 heavy (non-hydrogen) atoms. The van der Waals surface area contributed by atoms with Crippen molar-refractivity contribution in [2.75, 3.05) is 19.1 Å². The maximum absolute atomic E-state index is 5.90. The average Bonchev–Trinajstić information content (AvgIpc) is 3.04. The van der Waals surface area contributed by atoms with E-state index in [1.54, 1.807) is 0 Å². The Bertz CT molecular complexity index is 590. The molecular formula is C15H20ClN3O. The molecule has 1 aliphatic rings. The second-order valence-corrected chi connectivity index (χ2v) is 5.81. The number of ether oxygens (including phenoxy) is 1. The Morgan fingerprint density at radius 2 is 2.30 bits per heavy atom. The number of halogens is 1. The lowest BCUT2D eigenvalue weighted by Crippen LogP contribution is -2.10. The van der Waals surface area contributed by atoms with Crippen molar-refractivity contribution in [2.24, 2.45) is 5.92 Å². The normalized spacial score (nSPS) is 19.0. The van der Waals surface area contributed by atoms with Crippen molar-refractivity contribution >= 4 is 22.8 Å². The van der Waals surface area contributed by atoms with Gasteiger partial charge in [-0.05, 0) is 37.8 Å². The third-order valence-corrected chi connectivity index (χ3v) is 4.10. The van der Waals surface area contributed by atoms with Crippen molar-refractivity contribution in [1.29, 1.82) is 0 Å². The molecule has 1 saturated heterocycles. The number of aryl methyl sites for hydroxylation is 3. The van der Waals surface area contributed by atoms with E-state index in [-0.39, 0.29) is 0 Å². The van der Waals surface area contributed by atoms with Gasteiger partial charge in [0.15, 0.2) is 5.65 Å². The van der Waals surface area contributed by atoms with E-state index in [9.17, 15) is 0 Å². The summed E-state index contributed by atoms with van der Waals surface area (Å²) in [6.45, 7) is 4.77. The number of rotatable bonds is 5. The van der Waals surface area contributed by atoms with Crippen molar-refractivity contribution in [3.05, 3.63) is 23.7 Å². The Hall–Kier alpha value is -1.13. The Morgan fingerprint density at radius 1 is 1.40 bits per heavy atom. The molecule has 3 rings (SSSR count). The van der Waals surface area contributed by atoms with Crippen molar-refractivity contribution in [3.63, 3.8) is 0 Å². The summed E-state index contributed by atoms with van der Waals surface area (Å²) < 4.78 is 7.69. The highest BCUT2D eigenvalue weighted by atomic mass is 35.5. The van der Waals surface area contributed by atoms with Gasteiger partial charge in [0.1, 0.15) is 11.3 Å². The van der Waals surface area contributed by atoms with Gasteiger partial charge >= 0.3 is 0 Å². The SMILES string of the molecule is Cc1ccc2nc(CCCl)n(CCC3CCOC3)c2n1. The molecule has 0 saturated carbocycles. The summed E-state index contributed by atoms with van der Waals surface area (Å²) in [6.07, 6.45) is 3.08. The zero-order chi connectivity index (χ0) is 13.9. The Balaban J connectivity index is 1.88. The van der Waals surface area contributed by atoms with E-state index in [0.717, 1.165) is 55.3 Å². The largest absolute Gasteiger partial charge is 0.381 e. The fourth-order valence-corrected chi connectivity index (χ4v) is 2.95. The van der Waals surface area contributed by atoms with Gasteiger partial charge in [-0.1, -0.05) is 0 Å². The first kappa shape index (κ1) is 13.8. The molecule has 4 nitrogen and oxygen atoms in total. The minimum atomic E-state index is 0.592. The van der Waals surface area contributed by atoms with Gasteiger partial charge in [-0.15, -0.1) is 11.6 Å². The predicted octanol–water partition coefficient (Wildman–Crippen LogP) is 2.95. The zero-order valence-corrected chi connectivity index (χ0v) is 12.6. The van der Waals surface area contributed by atoms with E-state index < -0.39 is 0 Å². The van der Waals surface area contributed by atoms with Gasteiger partial charge < -0.3 is 9.30 Å². The second-order valence-electron chi connectivity index (χ2n) is 5.43. The van der Waals surface area contributed by atoms with Crippen molar-refractivity contribution in [1.82, 2.24) is 14.5 Å². The van der Waals surface area contributed by atoms with Crippen LogP contribution >= 0.6 is 11.6 Å². The first-order valence-electron chi connectivity index (χ1n) is 7.24.